The van der Waals surface area contributed by atoms with Gasteiger partial charge >= 0.3 is 0 Å². The molecule has 0 saturated heterocycles. The molecule has 62 valence electrons. The van der Waals surface area contributed by atoms with Gasteiger partial charge in [-0.05, 0) is 26.3 Å². The van der Waals surface area contributed by atoms with Gasteiger partial charge in [0, 0.05) is 5.92 Å². The number of aldehydes is 1. The Morgan fingerprint density at radius 1 is 1.60 bits per heavy atom. The Balaban J connectivity index is 0. The third-order valence-electron chi connectivity index (χ3n) is 1.08. The van der Waals surface area contributed by atoms with Gasteiger partial charge in [-0.25, -0.2) is 0 Å². The van der Waals surface area contributed by atoms with Crippen LogP contribution >= 0.6 is 12.6 Å². The van der Waals surface area contributed by atoms with Crippen molar-refractivity contribution in [2.45, 2.75) is 13.3 Å². The summed E-state index contributed by atoms with van der Waals surface area (Å²) < 4.78 is 0. The zero-order valence-corrected chi connectivity index (χ0v) is 7.82. The number of rotatable bonds is 4. The summed E-state index contributed by atoms with van der Waals surface area (Å²) in [4.78, 5) is 9.98. The SMILES string of the molecule is CNCCC(C)C=O.CS. The molecule has 0 aliphatic carbocycles. The number of hydrogen-bond donors (Lipinski definition) is 2. The van der Waals surface area contributed by atoms with E-state index in [2.05, 4.69) is 17.9 Å². The van der Waals surface area contributed by atoms with Crippen LogP contribution in [-0.2, 0) is 4.79 Å². The van der Waals surface area contributed by atoms with Crippen LogP contribution < -0.4 is 5.32 Å². The van der Waals surface area contributed by atoms with E-state index in [4.69, 9.17) is 0 Å². The van der Waals surface area contributed by atoms with Gasteiger partial charge in [0.1, 0.15) is 6.29 Å². The molecule has 0 saturated carbocycles. The Hall–Kier alpha value is -0.0200. The quantitative estimate of drug-likeness (QED) is 0.478. The third-order valence-corrected chi connectivity index (χ3v) is 1.08. The minimum Gasteiger partial charge on any atom is -0.320 e. The van der Waals surface area contributed by atoms with Crippen LogP contribution in [-0.4, -0.2) is 26.1 Å². The predicted molar refractivity (Wildman–Crippen MR) is 48.7 cm³/mol. The maximum Gasteiger partial charge on any atom is 0.122 e. The molecule has 1 atom stereocenters. The van der Waals surface area contributed by atoms with Crippen molar-refractivity contribution in [1.29, 1.82) is 0 Å². The molecule has 0 aromatic carbocycles. The van der Waals surface area contributed by atoms with Gasteiger partial charge in [-0.15, -0.1) is 0 Å². The monoisotopic (exact) mass is 163 g/mol. The molecule has 10 heavy (non-hydrogen) atoms. The van der Waals surface area contributed by atoms with Crippen molar-refractivity contribution in [2.75, 3.05) is 19.8 Å². The molecular formula is C7H17NOS. The highest BCUT2D eigenvalue weighted by molar-refractivity contribution is 7.79. The first-order valence-corrected chi connectivity index (χ1v) is 4.25. The van der Waals surface area contributed by atoms with E-state index in [1.807, 2.05) is 14.0 Å². The molecule has 0 bridgehead atoms. The van der Waals surface area contributed by atoms with Crippen molar-refractivity contribution in [2.24, 2.45) is 5.92 Å². The highest BCUT2D eigenvalue weighted by Crippen LogP contribution is 1.93. The van der Waals surface area contributed by atoms with Gasteiger partial charge in [-0.2, -0.15) is 12.6 Å². The van der Waals surface area contributed by atoms with Crippen LogP contribution in [0, 0.1) is 5.92 Å². The fourth-order valence-electron chi connectivity index (χ4n) is 0.440. The number of carbonyl (C=O) groups excluding carboxylic acids is 1. The van der Waals surface area contributed by atoms with E-state index >= 15 is 0 Å². The Labute approximate surface area is 68.8 Å². The van der Waals surface area contributed by atoms with Crippen LogP contribution in [0.25, 0.3) is 0 Å². The normalized spacial score (nSPS) is 11.2. The van der Waals surface area contributed by atoms with E-state index in [1.165, 1.54) is 0 Å². The molecular weight excluding hydrogens is 146 g/mol. The van der Waals surface area contributed by atoms with Gasteiger partial charge in [0.05, 0.1) is 0 Å². The predicted octanol–water partition coefficient (Wildman–Crippen LogP) is 0.977. The summed E-state index contributed by atoms with van der Waals surface area (Å²) in [5.74, 6) is 0.211. The zero-order chi connectivity index (χ0) is 8.41. The molecule has 1 N–H and O–H groups in total. The average molecular weight is 163 g/mol. The summed E-state index contributed by atoms with van der Waals surface area (Å²) in [6.45, 7) is 2.85. The minimum absolute atomic E-state index is 0.211. The standard InChI is InChI=1S/C6H13NO.CH4S/c1-6(5-8)3-4-7-2;1-2/h5-7H,3-4H2,1-2H3;2H,1H3. The van der Waals surface area contributed by atoms with E-state index in [0.29, 0.717) is 0 Å². The Morgan fingerprint density at radius 3 is 2.40 bits per heavy atom. The van der Waals surface area contributed by atoms with Crippen LogP contribution in [0.15, 0.2) is 0 Å². The zero-order valence-electron chi connectivity index (χ0n) is 6.92. The van der Waals surface area contributed by atoms with Crippen LogP contribution in [0.1, 0.15) is 13.3 Å². The summed E-state index contributed by atoms with van der Waals surface area (Å²) in [5.41, 5.74) is 0. The second-order valence-corrected chi connectivity index (χ2v) is 2.01. The maximum atomic E-state index is 9.98. The van der Waals surface area contributed by atoms with Crippen molar-refractivity contribution in [3.05, 3.63) is 0 Å². The molecule has 2 nitrogen and oxygen atoms in total. The first-order chi connectivity index (χ1) is 4.81. The van der Waals surface area contributed by atoms with E-state index in [1.54, 1.807) is 6.26 Å². The number of thiol groups is 1. The van der Waals surface area contributed by atoms with Crippen molar-refractivity contribution >= 4 is 18.9 Å². The summed E-state index contributed by atoms with van der Waals surface area (Å²) in [6.07, 6.45) is 3.62. The molecule has 0 fully saturated rings. The van der Waals surface area contributed by atoms with Crippen LogP contribution in [0.3, 0.4) is 0 Å². The van der Waals surface area contributed by atoms with E-state index in [9.17, 15) is 4.79 Å². The molecule has 0 aromatic rings. The van der Waals surface area contributed by atoms with Gasteiger partial charge < -0.3 is 10.1 Å². The highest BCUT2D eigenvalue weighted by Gasteiger charge is 1.95. The lowest BCUT2D eigenvalue weighted by Gasteiger charge is -1.99. The lowest BCUT2D eigenvalue weighted by Crippen LogP contribution is -2.11. The largest absolute Gasteiger partial charge is 0.320 e. The lowest BCUT2D eigenvalue weighted by atomic mass is 10.1. The molecule has 0 amide bonds. The molecule has 0 aliphatic heterocycles. The van der Waals surface area contributed by atoms with Gasteiger partial charge in [0.2, 0.25) is 0 Å². The Bertz CT molecular complexity index is 68.6. The van der Waals surface area contributed by atoms with E-state index in [0.717, 1.165) is 19.3 Å². The minimum atomic E-state index is 0.211. The highest BCUT2D eigenvalue weighted by atomic mass is 32.1. The van der Waals surface area contributed by atoms with Crippen molar-refractivity contribution in [3.63, 3.8) is 0 Å². The van der Waals surface area contributed by atoms with Gasteiger partial charge in [-0.1, -0.05) is 6.92 Å². The summed E-state index contributed by atoms with van der Waals surface area (Å²) in [5, 5.41) is 2.97. The van der Waals surface area contributed by atoms with Crippen molar-refractivity contribution < 1.29 is 4.79 Å². The molecule has 0 spiro atoms. The second kappa shape index (κ2) is 11.7. The Kier molecular flexibility index (Phi) is 14.8. The van der Waals surface area contributed by atoms with Crippen LogP contribution in [0.4, 0.5) is 0 Å². The van der Waals surface area contributed by atoms with Crippen molar-refractivity contribution in [1.82, 2.24) is 5.32 Å². The first-order valence-electron chi connectivity index (χ1n) is 3.36. The molecule has 0 radical (unpaired) electrons. The molecule has 0 aliphatic rings. The average Bonchev–Trinajstić information content (AvgIpc) is 2.04. The fourth-order valence-corrected chi connectivity index (χ4v) is 0.440. The molecule has 3 heteroatoms. The van der Waals surface area contributed by atoms with Crippen LogP contribution in [0.2, 0.25) is 0 Å². The smallest absolute Gasteiger partial charge is 0.122 e. The molecule has 0 heterocycles. The van der Waals surface area contributed by atoms with Gasteiger partial charge in [0.15, 0.2) is 0 Å². The number of nitrogens with one attached hydrogen (secondary N) is 1. The van der Waals surface area contributed by atoms with E-state index in [-0.39, 0.29) is 5.92 Å². The summed E-state index contributed by atoms with van der Waals surface area (Å²) in [7, 11) is 1.89. The lowest BCUT2D eigenvalue weighted by molar-refractivity contribution is -0.110. The topological polar surface area (TPSA) is 29.1 Å². The molecule has 0 aromatic heterocycles. The maximum absolute atomic E-state index is 9.98. The Morgan fingerprint density at radius 2 is 2.10 bits per heavy atom. The second-order valence-electron chi connectivity index (χ2n) is 2.01. The number of carbonyl (C=O) groups is 1. The van der Waals surface area contributed by atoms with E-state index < -0.39 is 0 Å². The molecule has 1 unspecified atom stereocenters. The molecule has 0 rings (SSSR count). The fraction of sp³-hybridized carbons (Fsp3) is 0.857. The number of hydrogen-bond acceptors (Lipinski definition) is 3. The summed E-state index contributed by atoms with van der Waals surface area (Å²) >= 11 is 3.53. The third kappa shape index (κ3) is 10.9. The van der Waals surface area contributed by atoms with Gasteiger partial charge in [-0.3, -0.25) is 0 Å². The summed E-state index contributed by atoms with van der Waals surface area (Å²) in [6, 6.07) is 0. The van der Waals surface area contributed by atoms with Crippen LogP contribution in [0.5, 0.6) is 0 Å². The first kappa shape index (κ1) is 12.6. The van der Waals surface area contributed by atoms with Crippen molar-refractivity contribution in [3.8, 4) is 0 Å². The van der Waals surface area contributed by atoms with Gasteiger partial charge in [0.25, 0.3) is 0 Å².